The number of likely N-dealkylation sites (N-methyl/N-ethyl adjacent to an activating group) is 1. The molecule has 11 nitrogen and oxygen atoms in total. The molecule has 5 aliphatic rings. The maximum atomic E-state index is 13.8. The Labute approximate surface area is 332 Å². The number of nitrogens with two attached hydrogens (primary N) is 1. The van der Waals surface area contributed by atoms with E-state index >= 15 is 0 Å². The third kappa shape index (κ3) is 7.83. The molecule has 6 atom stereocenters. The van der Waals surface area contributed by atoms with Gasteiger partial charge in [-0.3, -0.25) is 9.59 Å². The molecule has 2 bridgehead atoms. The molecule has 2 aromatic carbocycles. The number of likely N-dealkylation sites (tertiary alicyclic amines) is 1. The standard InChI is InChI=1S/C45H60N6O5/c1-5-6-7-8-16-54-18-19-55-17-15-48-44(53)33-10-9-32(31(3)52)21-34(22-33)45(29-47)40-13-11-35(50-30(2)20-37(50)26-46)24-42(40)56-43-25-36(12-14-41(43)45)51-38-23-39(51)28-49(4)27-38/h9-14,21-22,24-25,29-30,32,37-39,47H,5-8,15-20,23,26-28,46H2,1-4H3,(H,48,53). The van der Waals surface area contributed by atoms with Gasteiger partial charge in [-0.15, -0.1) is 0 Å². The van der Waals surface area contributed by atoms with Gasteiger partial charge in [0.25, 0.3) is 5.91 Å². The van der Waals surface area contributed by atoms with Crippen LogP contribution < -0.4 is 25.6 Å². The Morgan fingerprint density at radius 1 is 0.964 bits per heavy atom. The summed E-state index contributed by atoms with van der Waals surface area (Å²) in [5.74, 6) is 0.390. The van der Waals surface area contributed by atoms with Crippen LogP contribution in [0.4, 0.5) is 11.4 Å². The van der Waals surface area contributed by atoms with Crippen LogP contribution in [0.1, 0.15) is 70.4 Å². The molecule has 0 radical (unpaired) electrons. The number of unbranched alkanes of at least 4 members (excludes halogenated alkanes) is 3. The Morgan fingerprint density at radius 3 is 2.27 bits per heavy atom. The van der Waals surface area contributed by atoms with Crippen molar-refractivity contribution in [3.8, 4) is 11.5 Å². The fourth-order valence-corrected chi connectivity index (χ4v) is 9.39. The van der Waals surface area contributed by atoms with Crippen LogP contribution in [0, 0.1) is 11.3 Å². The van der Waals surface area contributed by atoms with Gasteiger partial charge in [0.2, 0.25) is 0 Å². The molecule has 6 unspecified atom stereocenters. The number of hydrogen-bond acceptors (Lipinski definition) is 10. The molecule has 4 aliphatic heterocycles. The van der Waals surface area contributed by atoms with Gasteiger partial charge < -0.3 is 45.4 Å². The molecule has 4 heterocycles. The van der Waals surface area contributed by atoms with Crippen molar-refractivity contribution in [2.24, 2.45) is 11.7 Å². The fraction of sp³-hybridized carbons (Fsp3) is 0.533. The van der Waals surface area contributed by atoms with Crippen LogP contribution in [-0.2, 0) is 24.5 Å². The summed E-state index contributed by atoms with van der Waals surface area (Å²) in [7, 11) is 2.18. The predicted octanol–water partition coefficient (Wildman–Crippen LogP) is 5.90. The number of nitrogens with zero attached hydrogens (tertiary/aromatic N) is 3. The van der Waals surface area contributed by atoms with Crippen LogP contribution in [0.3, 0.4) is 0 Å². The highest BCUT2D eigenvalue weighted by molar-refractivity contribution is 5.99. The fourth-order valence-electron chi connectivity index (χ4n) is 9.39. The first-order valence-corrected chi connectivity index (χ1v) is 20.7. The van der Waals surface area contributed by atoms with E-state index in [-0.39, 0.29) is 17.7 Å². The van der Waals surface area contributed by atoms with Gasteiger partial charge in [0.15, 0.2) is 0 Å². The molecule has 3 fully saturated rings. The lowest BCUT2D eigenvalue weighted by Gasteiger charge is -2.57. The normalized spacial score (nSPS) is 26.4. The molecule has 0 spiro atoms. The summed E-state index contributed by atoms with van der Waals surface area (Å²) in [5.41, 5.74) is 9.78. The number of carbonyl (C=O) groups is 2. The van der Waals surface area contributed by atoms with Gasteiger partial charge in [-0.2, -0.15) is 0 Å². The zero-order valence-corrected chi connectivity index (χ0v) is 33.6. The van der Waals surface area contributed by atoms with Gasteiger partial charge in [0.1, 0.15) is 17.3 Å². The Morgan fingerprint density at radius 2 is 1.64 bits per heavy atom. The first-order valence-electron chi connectivity index (χ1n) is 20.7. The van der Waals surface area contributed by atoms with Crippen molar-refractivity contribution in [3.63, 3.8) is 0 Å². The van der Waals surface area contributed by atoms with Gasteiger partial charge in [-0.05, 0) is 63.9 Å². The van der Waals surface area contributed by atoms with Crippen molar-refractivity contribution in [3.05, 3.63) is 83.0 Å². The highest BCUT2D eigenvalue weighted by atomic mass is 16.5. The van der Waals surface area contributed by atoms with Crippen molar-refractivity contribution in [2.45, 2.75) is 88.9 Å². The van der Waals surface area contributed by atoms with Crippen molar-refractivity contribution in [1.82, 2.24) is 10.2 Å². The minimum Gasteiger partial charge on any atom is -0.457 e. The number of benzene rings is 2. The summed E-state index contributed by atoms with van der Waals surface area (Å²) in [6.45, 7) is 11.0. The molecular weight excluding hydrogens is 705 g/mol. The summed E-state index contributed by atoms with van der Waals surface area (Å²) >= 11 is 0. The van der Waals surface area contributed by atoms with Gasteiger partial charge in [-0.25, -0.2) is 0 Å². The summed E-state index contributed by atoms with van der Waals surface area (Å²) in [4.78, 5) is 34.1. The average molecular weight is 765 g/mol. The number of hydrogen-bond donors (Lipinski definition) is 3. The molecule has 4 N–H and O–H groups in total. The largest absolute Gasteiger partial charge is 0.457 e. The minimum atomic E-state index is -1.15. The number of ether oxygens (including phenoxy) is 3. The van der Waals surface area contributed by atoms with E-state index < -0.39 is 11.3 Å². The molecule has 11 heteroatoms. The first kappa shape index (κ1) is 39.9. The third-order valence-corrected chi connectivity index (χ3v) is 12.3. The van der Waals surface area contributed by atoms with E-state index in [9.17, 15) is 15.0 Å². The topological polar surface area (TPSA) is 133 Å². The number of piperidine rings is 1. The lowest BCUT2D eigenvalue weighted by molar-refractivity contribution is -0.118. The van der Waals surface area contributed by atoms with E-state index in [4.69, 9.17) is 19.9 Å². The smallest absolute Gasteiger partial charge is 0.251 e. The number of allylic oxidation sites excluding steroid dienone is 4. The van der Waals surface area contributed by atoms with Gasteiger partial charge in [0, 0.05) is 103 Å². The second-order valence-electron chi connectivity index (χ2n) is 16.2. The summed E-state index contributed by atoms with van der Waals surface area (Å²) in [6, 6.07) is 14.0. The quantitative estimate of drug-likeness (QED) is 0.125. The van der Waals surface area contributed by atoms with Crippen LogP contribution >= 0.6 is 0 Å². The number of ketones is 1. The molecule has 3 saturated heterocycles. The highest BCUT2D eigenvalue weighted by Gasteiger charge is 2.47. The van der Waals surface area contributed by atoms with E-state index in [0.29, 0.717) is 73.7 Å². The number of nitrogens with one attached hydrogen (secondary N) is 2. The highest BCUT2D eigenvalue weighted by Crippen LogP contribution is 2.54. The van der Waals surface area contributed by atoms with Gasteiger partial charge in [-0.1, -0.05) is 56.5 Å². The Balaban J connectivity index is 1.19. The number of amides is 1. The van der Waals surface area contributed by atoms with Crippen molar-refractivity contribution in [2.75, 3.05) is 69.5 Å². The zero-order chi connectivity index (χ0) is 39.4. The molecule has 300 valence electrons. The maximum absolute atomic E-state index is 13.8. The second kappa shape index (κ2) is 17.5. The average Bonchev–Trinajstić information content (AvgIpc) is 3.42. The molecule has 0 aromatic heterocycles. The summed E-state index contributed by atoms with van der Waals surface area (Å²) in [5, 5.41) is 12.3. The van der Waals surface area contributed by atoms with Gasteiger partial charge in [0.05, 0.1) is 31.2 Å². The SMILES string of the molecule is CCCCCCOCCOCCNC(=O)C1=CC(C2(C=N)c3ccc(N4C(C)CC4CN)cc3Oc3cc(N4C5CC4CN(C)C5)ccc32)=CC(C(C)=O)C=C1. The number of piperazine rings is 1. The van der Waals surface area contributed by atoms with E-state index in [1.54, 1.807) is 19.1 Å². The van der Waals surface area contributed by atoms with Crippen LogP contribution in [0.5, 0.6) is 11.5 Å². The van der Waals surface area contributed by atoms with E-state index in [2.05, 4.69) is 71.2 Å². The summed E-state index contributed by atoms with van der Waals surface area (Å²) in [6.07, 6.45) is 15.6. The number of fused-ring (bicyclic) bond motifs is 4. The molecule has 1 amide bonds. The third-order valence-electron chi connectivity index (χ3n) is 12.3. The first-order chi connectivity index (χ1) is 27.2. The lowest BCUT2D eigenvalue weighted by atomic mass is 9.67. The summed E-state index contributed by atoms with van der Waals surface area (Å²) < 4.78 is 18.3. The monoisotopic (exact) mass is 764 g/mol. The van der Waals surface area contributed by atoms with Crippen LogP contribution in [0.15, 0.2) is 71.8 Å². The predicted molar refractivity (Wildman–Crippen MR) is 222 cm³/mol. The molecule has 1 aliphatic carbocycles. The molecule has 0 saturated carbocycles. The van der Waals surface area contributed by atoms with Crippen LogP contribution in [-0.4, -0.2) is 107 Å². The number of Topliss-reactive ketones (excluding diaryl/α,β-unsaturated/α-hetero) is 1. The number of rotatable bonds is 18. The minimum absolute atomic E-state index is 0.0537. The zero-order valence-electron chi connectivity index (χ0n) is 33.6. The van der Waals surface area contributed by atoms with Crippen LogP contribution in [0.2, 0.25) is 0 Å². The maximum Gasteiger partial charge on any atom is 0.251 e. The second-order valence-corrected chi connectivity index (χ2v) is 16.2. The Kier molecular flexibility index (Phi) is 12.5. The van der Waals surface area contributed by atoms with Crippen molar-refractivity contribution >= 4 is 29.3 Å². The van der Waals surface area contributed by atoms with E-state index in [1.165, 1.54) is 31.9 Å². The van der Waals surface area contributed by atoms with Crippen molar-refractivity contribution < 1.29 is 23.8 Å². The van der Waals surface area contributed by atoms with Crippen LogP contribution in [0.25, 0.3) is 0 Å². The molecular formula is C45H60N6O5. The molecule has 56 heavy (non-hydrogen) atoms. The van der Waals surface area contributed by atoms with E-state index in [0.717, 1.165) is 55.0 Å². The van der Waals surface area contributed by atoms with E-state index in [1.807, 2.05) is 18.2 Å². The molecule has 7 rings (SSSR count). The Bertz CT molecular complexity index is 1860. The van der Waals surface area contributed by atoms with Crippen molar-refractivity contribution in [1.29, 1.82) is 5.41 Å². The van der Waals surface area contributed by atoms with Gasteiger partial charge >= 0.3 is 0 Å². The lowest BCUT2D eigenvalue weighted by Crippen LogP contribution is -2.68. The number of anilines is 2. The molecule has 2 aromatic rings. The Hall–Kier alpha value is -4.29. The number of carbonyl (C=O) groups excluding carboxylic acids is 2.